The maximum atomic E-state index is 14.4. The molecule has 3 rings (SSSR count). The SMILES string of the molecule is COc1ccc2nc(-c3ccc(NC(=O)OC(C)(C)C)c(F)c3)ccc2c1. The van der Waals surface area contributed by atoms with Gasteiger partial charge in [-0.05, 0) is 57.2 Å². The van der Waals surface area contributed by atoms with Crippen molar-refractivity contribution >= 4 is 22.7 Å². The Hall–Kier alpha value is -3.15. The molecule has 0 unspecified atom stereocenters. The number of benzene rings is 2. The minimum absolute atomic E-state index is 0.0542. The van der Waals surface area contributed by atoms with E-state index in [1.165, 1.54) is 12.1 Å². The molecule has 2 aromatic carbocycles. The fourth-order valence-electron chi connectivity index (χ4n) is 2.58. The summed E-state index contributed by atoms with van der Waals surface area (Å²) in [6, 6.07) is 13.8. The Balaban J connectivity index is 1.84. The Labute approximate surface area is 157 Å². The molecule has 0 bridgehead atoms. The van der Waals surface area contributed by atoms with E-state index < -0.39 is 17.5 Å². The van der Waals surface area contributed by atoms with Crippen molar-refractivity contribution in [3.8, 4) is 17.0 Å². The fraction of sp³-hybridized carbons (Fsp3) is 0.238. The lowest BCUT2D eigenvalue weighted by Gasteiger charge is -2.19. The summed E-state index contributed by atoms with van der Waals surface area (Å²) in [5.74, 6) is 0.190. The standard InChI is InChI=1S/C21H21FN2O3/c1-21(2,3)27-20(25)24-19-9-6-14(12-16(19)22)17-8-5-13-11-15(26-4)7-10-18(13)23-17/h5-12H,1-4H3,(H,24,25). The van der Waals surface area contributed by atoms with E-state index in [0.717, 1.165) is 16.7 Å². The van der Waals surface area contributed by atoms with Gasteiger partial charge in [-0.1, -0.05) is 12.1 Å². The summed E-state index contributed by atoms with van der Waals surface area (Å²) in [6.07, 6.45) is -0.702. The van der Waals surface area contributed by atoms with Crippen molar-refractivity contribution in [2.75, 3.05) is 12.4 Å². The number of halogens is 1. The quantitative estimate of drug-likeness (QED) is 0.673. The molecule has 0 fully saturated rings. The molecule has 0 atom stereocenters. The largest absolute Gasteiger partial charge is 0.497 e. The second-order valence-electron chi connectivity index (χ2n) is 7.08. The van der Waals surface area contributed by atoms with Crippen molar-refractivity contribution in [1.29, 1.82) is 0 Å². The molecule has 0 aliphatic carbocycles. The summed E-state index contributed by atoms with van der Waals surface area (Å²) in [7, 11) is 1.61. The molecule has 140 valence electrons. The maximum Gasteiger partial charge on any atom is 0.412 e. The summed E-state index contributed by atoms with van der Waals surface area (Å²) in [4.78, 5) is 16.4. The lowest BCUT2D eigenvalue weighted by Crippen LogP contribution is -2.27. The van der Waals surface area contributed by atoms with E-state index in [1.54, 1.807) is 33.9 Å². The number of carbonyl (C=O) groups excluding carboxylic acids is 1. The van der Waals surface area contributed by atoms with Gasteiger partial charge in [-0.15, -0.1) is 0 Å². The third kappa shape index (κ3) is 4.53. The molecule has 0 radical (unpaired) electrons. The molecule has 1 N–H and O–H groups in total. The van der Waals surface area contributed by atoms with Crippen LogP contribution in [0.25, 0.3) is 22.2 Å². The van der Waals surface area contributed by atoms with E-state index >= 15 is 0 Å². The van der Waals surface area contributed by atoms with Crippen molar-refractivity contribution < 1.29 is 18.7 Å². The first-order valence-corrected chi connectivity index (χ1v) is 8.50. The van der Waals surface area contributed by atoms with E-state index in [-0.39, 0.29) is 5.69 Å². The Bertz CT molecular complexity index is 996. The van der Waals surface area contributed by atoms with Crippen LogP contribution in [0.1, 0.15) is 20.8 Å². The zero-order valence-electron chi connectivity index (χ0n) is 15.7. The van der Waals surface area contributed by atoms with Gasteiger partial charge in [0, 0.05) is 10.9 Å². The van der Waals surface area contributed by atoms with Gasteiger partial charge >= 0.3 is 6.09 Å². The Morgan fingerprint density at radius 3 is 2.52 bits per heavy atom. The molecule has 1 heterocycles. The Morgan fingerprint density at radius 2 is 1.85 bits per heavy atom. The van der Waals surface area contributed by atoms with Crippen molar-refractivity contribution in [2.24, 2.45) is 0 Å². The number of fused-ring (bicyclic) bond motifs is 1. The highest BCUT2D eigenvalue weighted by molar-refractivity contribution is 5.86. The van der Waals surface area contributed by atoms with Crippen LogP contribution in [0.5, 0.6) is 5.75 Å². The number of carbonyl (C=O) groups is 1. The van der Waals surface area contributed by atoms with Crippen molar-refractivity contribution in [1.82, 2.24) is 4.98 Å². The summed E-state index contributed by atoms with van der Waals surface area (Å²) < 4.78 is 24.8. The van der Waals surface area contributed by atoms with Gasteiger partial charge in [0.2, 0.25) is 0 Å². The molecule has 5 nitrogen and oxygen atoms in total. The van der Waals surface area contributed by atoms with Gasteiger partial charge in [-0.2, -0.15) is 0 Å². The highest BCUT2D eigenvalue weighted by Crippen LogP contribution is 2.27. The van der Waals surface area contributed by atoms with Gasteiger partial charge in [0.1, 0.15) is 17.2 Å². The third-order valence-corrected chi connectivity index (χ3v) is 3.80. The Kier molecular flexibility index (Phi) is 4.99. The molecule has 0 saturated carbocycles. The van der Waals surface area contributed by atoms with Crippen LogP contribution >= 0.6 is 0 Å². The third-order valence-electron chi connectivity index (χ3n) is 3.80. The topological polar surface area (TPSA) is 60.5 Å². The van der Waals surface area contributed by atoms with E-state index in [2.05, 4.69) is 10.3 Å². The lowest BCUT2D eigenvalue weighted by atomic mass is 10.1. The van der Waals surface area contributed by atoms with E-state index in [0.29, 0.717) is 11.3 Å². The maximum absolute atomic E-state index is 14.4. The normalized spacial score (nSPS) is 11.3. The highest BCUT2D eigenvalue weighted by Gasteiger charge is 2.17. The number of amides is 1. The first-order chi connectivity index (χ1) is 12.7. The molecule has 0 spiro atoms. The van der Waals surface area contributed by atoms with Crippen LogP contribution in [-0.4, -0.2) is 23.8 Å². The number of pyridine rings is 1. The number of aromatic nitrogens is 1. The summed E-state index contributed by atoms with van der Waals surface area (Å²) in [6.45, 7) is 5.23. The van der Waals surface area contributed by atoms with E-state index in [4.69, 9.17) is 9.47 Å². The molecule has 1 aromatic heterocycles. The van der Waals surface area contributed by atoms with Crippen LogP contribution in [0.4, 0.5) is 14.9 Å². The number of methoxy groups -OCH3 is 1. The van der Waals surface area contributed by atoms with Crippen LogP contribution in [-0.2, 0) is 4.74 Å². The number of rotatable bonds is 3. The minimum Gasteiger partial charge on any atom is -0.497 e. The van der Waals surface area contributed by atoms with Gasteiger partial charge in [0.05, 0.1) is 24.0 Å². The summed E-state index contributed by atoms with van der Waals surface area (Å²) in [5.41, 5.74) is 1.43. The van der Waals surface area contributed by atoms with Gasteiger partial charge in [0.25, 0.3) is 0 Å². The van der Waals surface area contributed by atoms with E-state index in [1.807, 2.05) is 30.3 Å². The van der Waals surface area contributed by atoms with Gasteiger partial charge < -0.3 is 9.47 Å². The van der Waals surface area contributed by atoms with Gasteiger partial charge in [-0.3, -0.25) is 5.32 Å². The minimum atomic E-state index is -0.702. The van der Waals surface area contributed by atoms with Crippen molar-refractivity contribution in [3.63, 3.8) is 0 Å². The van der Waals surface area contributed by atoms with E-state index in [9.17, 15) is 9.18 Å². The molecular formula is C21H21FN2O3. The average Bonchev–Trinajstić information content (AvgIpc) is 2.61. The number of hydrogen-bond acceptors (Lipinski definition) is 4. The first kappa shape index (κ1) is 18.6. The van der Waals surface area contributed by atoms with Crippen LogP contribution in [0.15, 0.2) is 48.5 Å². The average molecular weight is 368 g/mol. The number of hydrogen-bond donors (Lipinski definition) is 1. The molecule has 3 aromatic rings. The molecule has 27 heavy (non-hydrogen) atoms. The number of nitrogens with one attached hydrogen (secondary N) is 1. The predicted molar refractivity (Wildman–Crippen MR) is 104 cm³/mol. The fourth-order valence-corrected chi connectivity index (χ4v) is 2.58. The molecule has 0 aliphatic rings. The van der Waals surface area contributed by atoms with Crippen LogP contribution in [0.2, 0.25) is 0 Å². The van der Waals surface area contributed by atoms with Crippen molar-refractivity contribution in [2.45, 2.75) is 26.4 Å². The molecule has 0 saturated heterocycles. The second-order valence-corrected chi connectivity index (χ2v) is 7.08. The smallest absolute Gasteiger partial charge is 0.412 e. The first-order valence-electron chi connectivity index (χ1n) is 8.50. The van der Waals surface area contributed by atoms with Gasteiger partial charge in [-0.25, -0.2) is 14.2 Å². The Morgan fingerprint density at radius 1 is 1.07 bits per heavy atom. The number of anilines is 1. The van der Waals surface area contributed by atoms with Crippen molar-refractivity contribution in [3.05, 3.63) is 54.3 Å². The zero-order valence-corrected chi connectivity index (χ0v) is 15.7. The highest BCUT2D eigenvalue weighted by atomic mass is 19.1. The van der Waals surface area contributed by atoms with Crippen LogP contribution in [0, 0.1) is 5.82 Å². The monoisotopic (exact) mass is 368 g/mol. The second kappa shape index (κ2) is 7.23. The molecular weight excluding hydrogens is 347 g/mol. The van der Waals surface area contributed by atoms with Gasteiger partial charge in [0.15, 0.2) is 0 Å². The van der Waals surface area contributed by atoms with Crippen LogP contribution < -0.4 is 10.1 Å². The van der Waals surface area contributed by atoms with Crippen LogP contribution in [0.3, 0.4) is 0 Å². The molecule has 0 aliphatic heterocycles. The summed E-state index contributed by atoms with van der Waals surface area (Å²) >= 11 is 0. The zero-order chi connectivity index (χ0) is 19.6. The number of nitrogens with zero attached hydrogens (tertiary/aromatic N) is 1. The summed E-state index contributed by atoms with van der Waals surface area (Å²) in [5, 5.41) is 3.35. The molecule has 1 amide bonds. The number of ether oxygens (including phenoxy) is 2. The molecule has 6 heteroatoms. The predicted octanol–water partition coefficient (Wildman–Crippen LogP) is 5.40. The lowest BCUT2D eigenvalue weighted by molar-refractivity contribution is 0.0635.